The summed E-state index contributed by atoms with van der Waals surface area (Å²) in [5, 5.41) is 4.93. The van der Waals surface area contributed by atoms with Crippen LogP contribution >= 0.6 is 0 Å². The summed E-state index contributed by atoms with van der Waals surface area (Å²) in [5.74, 6) is -0.388. The van der Waals surface area contributed by atoms with Crippen molar-refractivity contribution in [2.24, 2.45) is 0 Å². The lowest BCUT2D eigenvalue weighted by Gasteiger charge is -2.25. The summed E-state index contributed by atoms with van der Waals surface area (Å²) in [6.45, 7) is 6.79. The molecular weight excluding hydrogens is 306 g/mol. The highest BCUT2D eigenvalue weighted by Gasteiger charge is 2.38. The van der Waals surface area contributed by atoms with Crippen LogP contribution in [0.2, 0.25) is 0 Å². The molecular formula is C19H21NO4. The Morgan fingerprint density at radius 1 is 1.04 bits per heavy atom. The summed E-state index contributed by atoms with van der Waals surface area (Å²) < 4.78 is 10.9. The van der Waals surface area contributed by atoms with Crippen LogP contribution in [0.15, 0.2) is 36.4 Å². The molecule has 1 aliphatic rings. The number of ether oxygens (including phenoxy) is 2. The summed E-state index contributed by atoms with van der Waals surface area (Å²) >= 11 is 0. The molecule has 2 aromatic rings. The zero-order valence-electron chi connectivity index (χ0n) is 14.3. The molecule has 24 heavy (non-hydrogen) atoms. The van der Waals surface area contributed by atoms with Crippen molar-refractivity contribution < 1.29 is 19.1 Å². The van der Waals surface area contributed by atoms with E-state index in [2.05, 4.69) is 5.32 Å². The van der Waals surface area contributed by atoms with Gasteiger partial charge in [0, 0.05) is 12.5 Å². The summed E-state index contributed by atoms with van der Waals surface area (Å²) in [7, 11) is 0. The Morgan fingerprint density at radius 2 is 1.67 bits per heavy atom. The molecule has 0 aliphatic heterocycles. The predicted octanol–water partition coefficient (Wildman–Crippen LogP) is 4.02. The van der Waals surface area contributed by atoms with Gasteiger partial charge in [0.25, 0.3) is 0 Å². The highest BCUT2D eigenvalue weighted by Crippen LogP contribution is 2.46. The molecule has 0 fully saturated rings. The lowest BCUT2D eigenvalue weighted by molar-refractivity contribution is -0.148. The van der Waals surface area contributed by atoms with Crippen LogP contribution in [0.4, 0.5) is 4.79 Å². The van der Waals surface area contributed by atoms with E-state index in [4.69, 9.17) is 9.47 Å². The second-order valence-electron chi connectivity index (χ2n) is 6.95. The van der Waals surface area contributed by atoms with Gasteiger partial charge in [0.2, 0.25) is 0 Å². The minimum Gasteiger partial charge on any atom is -0.455 e. The van der Waals surface area contributed by atoms with Crippen molar-refractivity contribution in [2.75, 3.05) is 0 Å². The van der Waals surface area contributed by atoms with Crippen LogP contribution in [0.3, 0.4) is 0 Å². The topological polar surface area (TPSA) is 64.6 Å². The summed E-state index contributed by atoms with van der Waals surface area (Å²) in [6.07, 6.45) is -1.09. The molecule has 0 bridgehead atoms. The van der Waals surface area contributed by atoms with Crippen LogP contribution in [0.25, 0.3) is 10.8 Å². The van der Waals surface area contributed by atoms with Gasteiger partial charge >= 0.3 is 12.1 Å². The molecule has 5 heteroatoms. The van der Waals surface area contributed by atoms with E-state index in [0.717, 1.165) is 21.9 Å². The summed E-state index contributed by atoms with van der Waals surface area (Å²) in [5.41, 5.74) is 1.23. The Balaban J connectivity index is 1.99. The van der Waals surface area contributed by atoms with Crippen LogP contribution in [0.1, 0.15) is 51.0 Å². The fraction of sp³-hybridized carbons (Fsp3) is 0.368. The van der Waals surface area contributed by atoms with Crippen molar-refractivity contribution in [1.29, 1.82) is 0 Å². The molecule has 0 spiro atoms. The molecule has 126 valence electrons. The standard InChI is InChI=1S/C19H21NO4/c1-11(21)23-17-14-10-6-8-12-7-5-9-13(15(12)14)16(17)20-18(22)24-19(2,3)4/h5-10,16-17H,1-4H3,(H,20,22)/t16-,17-/m1/s1. The van der Waals surface area contributed by atoms with Gasteiger partial charge in [0.05, 0.1) is 6.04 Å². The predicted molar refractivity (Wildman–Crippen MR) is 90.6 cm³/mol. The Kier molecular flexibility index (Phi) is 3.95. The van der Waals surface area contributed by atoms with Crippen molar-refractivity contribution in [1.82, 2.24) is 5.32 Å². The maximum atomic E-state index is 12.2. The molecule has 5 nitrogen and oxygen atoms in total. The Hall–Kier alpha value is -2.56. The third kappa shape index (κ3) is 3.07. The van der Waals surface area contributed by atoms with Crippen molar-refractivity contribution in [3.05, 3.63) is 47.5 Å². The number of carbonyl (C=O) groups is 2. The molecule has 0 saturated heterocycles. The van der Waals surface area contributed by atoms with Gasteiger partial charge in [0.15, 0.2) is 6.10 Å². The van der Waals surface area contributed by atoms with E-state index in [1.165, 1.54) is 6.92 Å². The first-order valence-corrected chi connectivity index (χ1v) is 7.94. The van der Waals surface area contributed by atoms with E-state index in [1.54, 1.807) is 20.8 Å². The van der Waals surface area contributed by atoms with Crippen molar-refractivity contribution in [3.63, 3.8) is 0 Å². The number of alkyl carbamates (subject to hydrolysis) is 1. The normalized spacial score (nSPS) is 19.2. The molecule has 1 amide bonds. The lowest BCUT2D eigenvalue weighted by atomic mass is 10.0. The Bertz CT molecular complexity index is 801. The smallest absolute Gasteiger partial charge is 0.408 e. The maximum Gasteiger partial charge on any atom is 0.408 e. The van der Waals surface area contributed by atoms with E-state index in [-0.39, 0.29) is 5.97 Å². The first-order valence-electron chi connectivity index (χ1n) is 7.94. The largest absolute Gasteiger partial charge is 0.455 e. The van der Waals surface area contributed by atoms with Gasteiger partial charge in [-0.2, -0.15) is 0 Å². The number of hydrogen-bond donors (Lipinski definition) is 1. The number of esters is 1. The van der Waals surface area contributed by atoms with E-state index < -0.39 is 23.8 Å². The van der Waals surface area contributed by atoms with Gasteiger partial charge in [-0.05, 0) is 37.1 Å². The van der Waals surface area contributed by atoms with Crippen LogP contribution in [-0.2, 0) is 14.3 Å². The van der Waals surface area contributed by atoms with Crippen LogP contribution in [0.5, 0.6) is 0 Å². The zero-order chi connectivity index (χ0) is 17.5. The molecule has 0 unspecified atom stereocenters. The van der Waals surface area contributed by atoms with Gasteiger partial charge in [0.1, 0.15) is 5.60 Å². The summed E-state index contributed by atoms with van der Waals surface area (Å²) in [6, 6.07) is 11.3. The number of carbonyl (C=O) groups excluding carboxylic acids is 2. The number of hydrogen-bond acceptors (Lipinski definition) is 4. The molecule has 0 aromatic heterocycles. The highest BCUT2D eigenvalue weighted by molar-refractivity contribution is 5.92. The number of benzene rings is 2. The van der Waals surface area contributed by atoms with Crippen molar-refractivity contribution in [2.45, 2.75) is 45.4 Å². The van der Waals surface area contributed by atoms with Gasteiger partial charge in [-0.3, -0.25) is 4.79 Å². The monoisotopic (exact) mass is 327 g/mol. The van der Waals surface area contributed by atoms with Gasteiger partial charge < -0.3 is 14.8 Å². The third-order valence-corrected chi connectivity index (χ3v) is 3.88. The second-order valence-corrected chi connectivity index (χ2v) is 6.95. The minimum absolute atomic E-state index is 0.388. The lowest BCUT2D eigenvalue weighted by Crippen LogP contribution is -2.36. The quantitative estimate of drug-likeness (QED) is 0.846. The van der Waals surface area contributed by atoms with Crippen LogP contribution in [0, 0.1) is 0 Å². The fourth-order valence-corrected chi connectivity index (χ4v) is 3.14. The maximum absolute atomic E-state index is 12.2. The van der Waals surface area contributed by atoms with Gasteiger partial charge in [-0.1, -0.05) is 36.4 Å². The van der Waals surface area contributed by atoms with E-state index >= 15 is 0 Å². The first kappa shape index (κ1) is 16.3. The molecule has 3 rings (SSSR count). The third-order valence-electron chi connectivity index (χ3n) is 3.88. The number of amides is 1. The van der Waals surface area contributed by atoms with Gasteiger partial charge in [-0.15, -0.1) is 0 Å². The molecule has 2 aromatic carbocycles. The highest BCUT2D eigenvalue weighted by atomic mass is 16.6. The van der Waals surface area contributed by atoms with Crippen LogP contribution in [-0.4, -0.2) is 17.7 Å². The molecule has 1 aliphatic carbocycles. The zero-order valence-corrected chi connectivity index (χ0v) is 14.3. The minimum atomic E-state index is -0.599. The van der Waals surface area contributed by atoms with E-state index in [9.17, 15) is 9.59 Å². The second kappa shape index (κ2) is 5.82. The Labute approximate surface area is 140 Å². The fourth-order valence-electron chi connectivity index (χ4n) is 3.14. The van der Waals surface area contributed by atoms with Gasteiger partial charge in [-0.25, -0.2) is 4.79 Å². The molecule has 2 atom stereocenters. The molecule has 0 radical (unpaired) electrons. The number of rotatable bonds is 2. The van der Waals surface area contributed by atoms with Crippen molar-refractivity contribution in [3.8, 4) is 0 Å². The molecule has 0 saturated carbocycles. The van der Waals surface area contributed by atoms with Crippen molar-refractivity contribution >= 4 is 22.8 Å². The average molecular weight is 327 g/mol. The average Bonchev–Trinajstić information content (AvgIpc) is 2.74. The number of nitrogens with one attached hydrogen (secondary N) is 1. The first-order chi connectivity index (χ1) is 11.3. The Morgan fingerprint density at radius 3 is 2.25 bits per heavy atom. The molecule has 0 heterocycles. The van der Waals surface area contributed by atoms with E-state index in [1.807, 2.05) is 36.4 Å². The van der Waals surface area contributed by atoms with Crippen LogP contribution < -0.4 is 5.32 Å². The molecule has 1 N–H and O–H groups in total. The SMILES string of the molecule is CC(=O)O[C@@H]1c2cccc3cccc(c23)[C@H]1NC(=O)OC(C)(C)C. The summed E-state index contributed by atoms with van der Waals surface area (Å²) in [4.78, 5) is 23.8. The van der Waals surface area contributed by atoms with E-state index in [0.29, 0.717) is 0 Å².